The lowest BCUT2D eigenvalue weighted by Crippen LogP contribution is -1.92. The average molecular weight is 316 g/mol. The average Bonchev–Trinajstić information content (AvgIpc) is 3.09. The van der Waals surface area contributed by atoms with Crippen molar-refractivity contribution in [3.05, 3.63) is 41.5 Å². The molecule has 0 saturated heterocycles. The molecule has 4 rings (SSSR count). The molecular weight excluding hydrogens is 306 g/mol. The van der Waals surface area contributed by atoms with Crippen LogP contribution >= 0.6 is 11.3 Å². The molecule has 0 unspecified atom stereocenters. The SMILES string of the molecule is Cn1c(-c2cccc3nc(C(F)F)sc23)nc2ncccc21. The number of fused-ring (bicyclic) bond motifs is 2. The largest absolute Gasteiger partial charge is 0.326 e. The third-order valence-electron chi connectivity index (χ3n) is 3.52. The predicted octanol–water partition coefficient (Wildman–Crippen LogP) is 4.18. The van der Waals surface area contributed by atoms with Crippen LogP contribution in [0.3, 0.4) is 0 Å². The second-order valence-electron chi connectivity index (χ2n) is 4.85. The van der Waals surface area contributed by atoms with Crippen LogP contribution in [0.5, 0.6) is 0 Å². The van der Waals surface area contributed by atoms with Gasteiger partial charge in [0.25, 0.3) is 6.43 Å². The number of benzene rings is 1. The summed E-state index contributed by atoms with van der Waals surface area (Å²) in [5, 5.41) is -0.167. The second-order valence-corrected chi connectivity index (χ2v) is 5.88. The Morgan fingerprint density at radius 1 is 1.14 bits per heavy atom. The van der Waals surface area contributed by atoms with Crippen molar-refractivity contribution in [2.24, 2.45) is 7.05 Å². The van der Waals surface area contributed by atoms with Crippen LogP contribution in [0.4, 0.5) is 8.78 Å². The summed E-state index contributed by atoms with van der Waals surface area (Å²) >= 11 is 1.01. The highest BCUT2D eigenvalue weighted by molar-refractivity contribution is 7.19. The smallest absolute Gasteiger partial charge is 0.289 e. The highest BCUT2D eigenvalue weighted by atomic mass is 32.1. The first-order chi connectivity index (χ1) is 10.6. The standard InChI is InChI=1S/C15H10F2N4S/c1-21-10-6-3-7-18-13(10)20-14(21)8-4-2-5-9-11(8)22-15(19-9)12(16)17/h2-7,12H,1H3. The summed E-state index contributed by atoms with van der Waals surface area (Å²) in [4.78, 5) is 12.8. The predicted molar refractivity (Wildman–Crippen MR) is 82.1 cm³/mol. The fourth-order valence-corrected chi connectivity index (χ4v) is 3.43. The summed E-state index contributed by atoms with van der Waals surface area (Å²) in [5.74, 6) is 0.698. The summed E-state index contributed by atoms with van der Waals surface area (Å²) in [7, 11) is 1.89. The number of nitrogens with zero attached hydrogens (tertiary/aromatic N) is 4. The minimum atomic E-state index is -2.56. The van der Waals surface area contributed by atoms with Crippen LogP contribution in [0.2, 0.25) is 0 Å². The van der Waals surface area contributed by atoms with Gasteiger partial charge in [0.1, 0.15) is 5.82 Å². The molecule has 4 aromatic rings. The Kier molecular flexibility index (Phi) is 2.90. The number of imidazole rings is 1. The molecule has 0 amide bonds. The van der Waals surface area contributed by atoms with E-state index in [0.29, 0.717) is 17.0 Å². The van der Waals surface area contributed by atoms with Crippen molar-refractivity contribution in [2.75, 3.05) is 0 Å². The first-order valence-electron chi connectivity index (χ1n) is 6.60. The minimum Gasteiger partial charge on any atom is -0.326 e. The van der Waals surface area contributed by atoms with Gasteiger partial charge in [0.2, 0.25) is 0 Å². The van der Waals surface area contributed by atoms with Crippen LogP contribution in [0, 0.1) is 0 Å². The zero-order valence-electron chi connectivity index (χ0n) is 11.5. The maximum atomic E-state index is 12.9. The van der Waals surface area contributed by atoms with Crippen LogP contribution in [0.15, 0.2) is 36.5 Å². The van der Waals surface area contributed by atoms with Gasteiger partial charge in [0.15, 0.2) is 10.7 Å². The zero-order chi connectivity index (χ0) is 15.3. The molecule has 0 N–H and O–H groups in total. The van der Waals surface area contributed by atoms with E-state index in [1.807, 2.05) is 29.8 Å². The van der Waals surface area contributed by atoms with Crippen molar-refractivity contribution in [1.29, 1.82) is 0 Å². The number of hydrogen-bond acceptors (Lipinski definition) is 4. The fraction of sp³-hybridized carbons (Fsp3) is 0.133. The molecule has 0 bridgehead atoms. The van der Waals surface area contributed by atoms with Gasteiger partial charge in [-0.15, -0.1) is 11.3 Å². The van der Waals surface area contributed by atoms with E-state index in [9.17, 15) is 8.78 Å². The number of hydrogen-bond donors (Lipinski definition) is 0. The lowest BCUT2D eigenvalue weighted by atomic mass is 10.2. The molecule has 0 atom stereocenters. The van der Waals surface area contributed by atoms with Gasteiger partial charge >= 0.3 is 0 Å². The molecule has 22 heavy (non-hydrogen) atoms. The highest BCUT2D eigenvalue weighted by Crippen LogP contribution is 2.36. The molecule has 3 heterocycles. The molecule has 1 aromatic carbocycles. The third-order valence-corrected chi connectivity index (χ3v) is 4.63. The van der Waals surface area contributed by atoms with Gasteiger partial charge in [0, 0.05) is 18.8 Å². The van der Waals surface area contributed by atoms with Gasteiger partial charge in [-0.05, 0) is 24.3 Å². The molecule has 0 aliphatic heterocycles. The molecule has 0 saturated carbocycles. The quantitative estimate of drug-likeness (QED) is 0.557. The monoisotopic (exact) mass is 316 g/mol. The number of rotatable bonds is 2. The Labute approximate surface area is 128 Å². The van der Waals surface area contributed by atoms with Gasteiger partial charge in [-0.2, -0.15) is 0 Å². The first kappa shape index (κ1) is 13.3. The van der Waals surface area contributed by atoms with Crippen molar-refractivity contribution in [2.45, 2.75) is 6.43 Å². The van der Waals surface area contributed by atoms with E-state index < -0.39 is 6.43 Å². The summed E-state index contributed by atoms with van der Waals surface area (Å²) in [5.41, 5.74) is 2.89. The van der Waals surface area contributed by atoms with Crippen molar-refractivity contribution < 1.29 is 8.78 Å². The molecule has 0 aliphatic rings. The van der Waals surface area contributed by atoms with Crippen molar-refractivity contribution in [3.8, 4) is 11.4 Å². The van der Waals surface area contributed by atoms with Crippen LogP contribution in [0.1, 0.15) is 11.4 Å². The van der Waals surface area contributed by atoms with Crippen LogP contribution in [0.25, 0.3) is 32.8 Å². The van der Waals surface area contributed by atoms with E-state index in [1.165, 1.54) is 0 Å². The number of halogens is 2. The second kappa shape index (κ2) is 4.81. The third kappa shape index (κ3) is 1.89. The molecule has 3 aromatic heterocycles. The topological polar surface area (TPSA) is 43.6 Å². The Morgan fingerprint density at radius 2 is 2.00 bits per heavy atom. The molecule has 7 heteroatoms. The molecule has 0 aliphatic carbocycles. The van der Waals surface area contributed by atoms with Gasteiger partial charge in [-0.1, -0.05) is 6.07 Å². The van der Waals surface area contributed by atoms with Gasteiger partial charge in [0.05, 0.1) is 15.7 Å². The van der Waals surface area contributed by atoms with E-state index in [2.05, 4.69) is 15.0 Å². The molecule has 0 fully saturated rings. The van der Waals surface area contributed by atoms with Crippen molar-refractivity contribution >= 4 is 32.7 Å². The summed E-state index contributed by atoms with van der Waals surface area (Å²) in [6.07, 6.45) is -0.881. The number of aromatic nitrogens is 4. The molecule has 0 radical (unpaired) electrons. The minimum absolute atomic E-state index is 0.167. The molecular formula is C15H10F2N4S. The number of alkyl halides is 2. The van der Waals surface area contributed by atoms with Crippen LogP contribution < -0.4 is 0 Å². The van der Waals surface area contributed by atoms with E-state index in [0.717, 1.165) is 27.1 Å². The fourth-order valence-electron chi connectivity index (χ4n) is 2.50. The van der Waals surface area contributed by atoms with E-state index in [-0.39, 0.29) is 5.01 Å². The molecule has 0 spiro atoms. The van der Waals surface area contributed by atoms with Gasteiger partial charge < -0.3 is 4.57 Å². The van der Waals surface area contributed by atoms with E-state index in [4.69, 9.17) is 0 Å². The van der Waals surface area contributed by atoms with Gasteiger partial charge in [-0.3, -0.25) is 0 Å². The Hall–Kier alpha value is -2.41. The van der Waals surface area contributed by atoms with Crippen molar-refractivity contribution in [1.82, 2.24) is 19.5 Å². The Balaban J connectivity index is 2.01. The maximum Gasteiger partial charge on any atom is 0.289 e. The zero-order valence-corrected chi connectivity index (χ0v) is 12.3. The Morgan fingerprint density at radius 3 is 2.77 bits per heavy atom. The highest BCUT2D eigenvalue weighted by Gasteiger charge is 2.18. The molecule has 4 nitrogen and oxygen atoms in total. The maximum absolute atomic E-state index is 12.9. The first-order valence-corrected chi connectivity index (χ1v) is 7.42. The summed E-state index contributed by atoms with van der Waals surface area (Å²) in [6, 6.07) is 9.19. The van der Waals surface area contributed by atoms with E-state index >= 15 is 0 Å². The lowest BCUT2D eigenvalue weighted by molar-refractivity contribution is 0.151. The van der Waals surface area contributed by atoms with Crippen LogP contribution in [-0.2, 0) is 7.05 Å². The van der Waals surface area contributed by atoms with Crippen molar-refractivity contribution in [3.63, 3.8) is 0 Å². The Bertz CT molecular complexity index is 990. The number of aryl methyl sites for hydroxylation is 1. The van der Waals surface area contributed by atoms with E-state index in [1.54, 1.807) is 18.3 Å². The summed E-state index contributed by atoms with van der Waals surface area (Å²) < 4.78 is 28.4. The number of pyridine rings is 1. The normalized spacial score (nSPS) is 11.8. The lowest BCUT2D eigenvalue weighted by Gasteiger charge is -2.03. The van der Waals surface area contributed by atoms with Gasteiger partial charge in [-0.25, -0.2) is 23.7 Å². The number of thiazole rings is 1. The molecule has 110 valence electrons. The summed E-state index contributed by atoms with van der Waals surface area (Å²) in [6.45, 7) is 0. The van der Waals surface area contributed by atoms with Crippen LogP contribution in [-0.4, -0.2) is 19.5 Å².